The van der Waals surface area contributed by atoms with Gasteiger partial charge in [0.15, 0.2) is 0 Å². The van der Waals surface area contributed by atoms with Gasteiger partial charge in [0.25, 0.3) is 0 Å². The molecule has 0 aromatic rings. The lowest BCUT2D eigenvalue weighted by molar-refractivity contribution is -0.125. The van der Waals surface area contributed by atoms with Crippen molar-refractivity contribution in [3.8, 4) is 0 Å². The molecule has 0 aliphatic carbocycles. The number of carbonyl (C=O) groups is 1. The van der Waals surface area contributed by atoms with Crippen LogP contribution >= 0.6 is 0 Å². The molecular formula is C12H25N3O3S. The van der Waals surface area contributed by atoms with Crippen LogP contribution in [0.2, 0.25) is 0 Å². The summed E-state index contributed by atoms with van der Waals surface area (Å²) in [6.45, 7) is 4.33. The first-order valence-corrected chi connectivity index (χ1v) is 8.50. The van der Waals surface area contributed by atoms with E-state index in [1.165, 1.54) is 4.31 Å². The molecule has 1 heterocycles. The van der Waals surface area contributed by atoms with Gasteiger partial charge < -0.3 is 10.6 Å². The van der Waals surface area contributed by atoms with Gasteiger partial charge in [-0.1, -0.05) is 0 Å². The van der Waals surface area contributed by atoms with Gasteiger partial charge in [-0.05, 0) is 32.7 Å². The van der Waals surface area contributed by atoms with E-state index in [2.05, 4.69) is 10.6 Å². The summed E-state index contributed by atoms with van der Waals surface area (Å²) in [7, 11) is -1.53. The van der Waals surface area contributed by atoms with E-state index in [-0.39, 0.29) is 17.6 Å². The minimum absolute atomic E-state index is 0.0610. The summed E-state index contributed by atoms with van der Waals surface area (Å²) < 4.78 is 24.4. The molecule has 2 N–H and O–H groups in total. The summed E-state index contributed by atoms with van der Waals surface area (Å²) in [6, 6.07) is 0. The molecule has 1 saturated heterocycles. The molecule has 6 nitrogen and oxygen atoms in total. The molecule has 0 aromatic heterocycles. The number of hydrogen-bond acceptors (Lipinski definition) is 4. The van der Waals surface area contributed by atoms with Gasteiger partial charge in [-0.2, -0.15) is 0 Å². The number of carbonyl (C=O) groups excluding carboxylic acids is 1. The van der Waals surface area contributed by atoms with Gasteiger partial charge in [-0.15, -0.1) is 0 Å². The van der Waals surface area contributed by atoms with Crippen molar-refractivity contribution < 1.29 is 13.2 Å². The van der Waals surface area contributed by atoms with Crippen molar-refractivity contribution in [2.24, 2.45) is 5.92 Å². The van der Waals surface area contributed by atoms with Crippen LogP contribution in [0.25, 0.3) is 0 Å². The average Bonchev–Trinajstić information content (AvgIpc) is 2.43. The van der Waals surface area contributed by atoms with E-state index in [1.54, 1.807) is 14.0 Å². The lowest BCUT2D eigenvalue weighted by Crippen LogP contribution is -2.41. The van der Waals surface area contributed by atoms with Crippen LogP contribution in [0.3, 0.4) is 0 Å². The third-order valence-electron chi connectivity index (χ3n) is 3.46. The first kappa shape index (κ1) is 16.4. The Morgan fingerprint density at radius 1 is 1.47 bits per heavy atom. The maximum Gasteiger partial charge on any atom is 0.224 e. The fourth-order valence-corrected chi connectivity index (χ4v) is 2.94. The van der Waals surface area contributed by atoms with Crippen LogP contribution in [0.15, 0.2) is 0 Å². The summed E-state index contributed by atoms with van der Waals surface area (Å²) >= 11 is 0. The molecule has 0 radical (unpaired) electrons. The smallest absolute Gasteiger partial charge is 0.224 e. The summed E-state index contributed by atoms with van der Waals surface area (Å²) in [5.74, 6) is 0.253. The highest BCUT2D eigenvalue weighted by Crippen LogP contribution is 2.09. The van der Waals surface area contributed by atoms with Crippen LogP contribution in [0, 0.1) is 5.92 Å². The molecule has 1 aliphatic heterocycles. The van der Waals surface area contributed by atoms with Gasteiger partial charge in [-0.3, -0.25) is 4.79 Å². The van der Waals surface area contributed by atoms with Crippen LogP contribution in [-0.4, -0.2) is 57.6 Å². The van der Waals surface area contributed by atoms with Gasteiger partial charge in [0.2, 0.25) is 15.9 Å². The summed E-state index contributed by atoms with van der Waals surface area (Å²) in [4.78, 5) is 11.8. The highest BCUT2D eigenvalue weighted by atomic mass is 32.2. The molecule has 1 unspecified atom stereocenters. The molecule has 0 bridgehead atoms. The van der Waals surface area contributed by atoms with Gasteiger partial charge in [-0.25, -0.2) is 12.7 Å². The predicted octanol–water partition coefficient (Wildman–Crippen LogP) is -0.226. The van der Waals surface area contributed by atoms with Crippen molar-refractivity contribution in [1.82, 2.24) is 14.9 Å². The van der Waals surface area contributed by atoms with Crippen molar-refractivity contribution >= 4 is 15.9 Å². The van der Waals surface area contributed by atoms with E-state index in [1.807, 2.05) is 0 Å². The first-order chi connectivity index (χ1) is 8.97. The quantitative estimate of drug-likeness (QED) is 0.635. The molecule has 1 fully saturated rings. The Morgan fingerprint density at radius 2 is 2.21 bits per heavy atom. The topological polar surface area (TPSA) is 78.5 Å². The lowest BCUT2D eigenvalue weighted by atomic mass is 9.99. The van der Waals surface area contributed by atoms with Crippen LogP contribution in [0.1, 0.15) is 26.2 Å². The fourth-order valence-electron chi connectivity index (χ4n) is 2.09. The summed E-state index contributed by atoms with van der Waals surface area (Å²) in [6.07, 6.45) is 2.61. The van der Waals surface area contributed by atoms with Crippen LogP contribution < -0.4 is 10.6 Å². The van der Waals surface area contributed by atoms with Crippen LogP contribution in [0.5, 0.6) is 0 Å². The highest BCUT2D eigenvalue weighted by Gasteiger charge is 2.20. The Balaban J connectivity index is 2.18. The number of nitrogens with zero attached hydrogens (tertiary/aromatic N) is 1. The maximum absolute atomic E-state index is 11.8. The molecule has 1 aliphatic rings. The van der Waals surface area contributed by atoms with Crippen molar-refractivity contribution in [3.63, 3.8) is 0 Å². The minimum atomic E-state index is -3.11. The van der Waals surface area contributed by atoms with E-state index >= 15 is 0 Å². The fraction of sp³-hybridized carbons (Fsp3) is 0.917. The normalized spacial score (nSPS) is 20.5. The summed E-state index contributed by atoms with van der Waals surface area (Å²) in [5.41, 5.74) is 0. The number of nitrogens with one attached hydrogen (secondary N) is 2. The molecule has 1 rings (SSSR count). The zero-order valence-corrected chi connectivity index (χ0v) is 12.6. The molecular weight excluding hydrogens is 266 g/mol. The molecule has 1 amide bonds. The third kappa shape index (κ3) is 5.46. The largest absolute Gasteiger partial charge is 0.356 e. The van der Waals surface area contributed by atoms with Gasteiger partial charge in [0.1, 0.15) is 0 Å². The van der Waals surface area contributed by atoms with E-state index in [0.717, 1.165) is 25.9 Å². The molecule has 19 heavy (non-hydrogen) atoms. The summed E-state index contributed by atoms with van der Waals surface area (Å²) in [5, 5.41) is 6.08. The first-order valence-electron chi connectivity index (χ1n) is 6.90. The average molecular weight is 291 g/mol. The highest BCUT2D eigenvalue weighted by molar-refractivity contribution is 7.89. The molecule has 7 heteroatoms. The standard InChI is InChI=1S/C12H25N3O3S/c1-3-19(17,18)15(2)9-5-8-14-12(16)11-6-4-7-13-10-11/h11,13H,3-10H2,1-2H3,(H,14,16). The number of sulfonamides is 1. The molecule has 0 saturated carbocycles. The second-order valence-electron chi connectivity index (χ2n) is 4.91. The Bertz CT molecular complexity index is 378. The monoisotopic (exact) mass is 291 g/mol. The SMILES string of the molecule is CCS(=O)(=O)N(C)CCCNC(=O)C1CCCNC1. The van der Waals surface area contributed by atoms with E-state index < -0.39 is 10.0 Å². The molecule has 0 aromatic carbocycles. The second-order valence-corrected chi connectivity index (χ2v) is 7.27. The molecule has 112 valence electrons. The Kier molecular flexibility index (Phi) is 6.74. The van der Waals surface area contributed by atoms with Crippen molar-refractivity contribution in [2.45, 2.75) is 26.2 Å². The molecule has 1 atom stereocenters. The van der Waals surface area contributed by atoms with Crippen molar-refractivity contribution in [1.29, 1.82) is 0 Å². The van der Waals surface area contributed by atoms with Gasteiger partial charge >= 0.3 is 0 Å². The Morgan fingerprint density at radius 3 is 2.79 bits per heavy atom. The Labute approximate surface area is 116 Å². The predicted molar refractivity (Wildman–Crippen MR) is 75.3 cm³/mol. The van der Waals surface area contributed by atoms with Crippen molar-refractivity contribution in [3.05, 3.63) is 0 Å². The zero-order valence-electron chi connectivity index (χ0n) is 11.8. The van der Waals surface area contributed by atoms with E-state index in [9.17, 15) is 13.2 Å². The van der Waals surface area contributed by atoms with Gasteiger partial charge in [0, 0.05) is 26.7 Å². The zero-order chi connectivity index (χ0) is 14.3. The Hall–Kier alpha value is -0.660. The maximum atomic E-state index is 11.8. The number of amides is 1. The third-order valence-corrected chi connectivity index (χ3v) is 5.32. The van der Waals surface area contributed by atoms with Crippen LogP contribution in [-0.2, 0) is 14.8 Å². The number of piperidine rings is 1. The number of rotatable bonds is 7. The molecule has 0 spiro atoms. The van der Waals surface area contributed by atoms with Crippen molar-refractivity contribution in [2.75, 3.05) is 39.0 Å². The minimum Gasteiger partial charge on any atom is -0.356 e. The number of hydrogen-bond donors (Lipinski definition) is 2. The lowest BCUT2D eigenvalue weighted by Gasteiger charge is -2.22. The second kappa shape index (κ2) is 7.81. The van der Waals surface area contributed by atoms with Gasteiger partial charge in [0.05, 0.1) is 11.7 Å². The van der Waals surface area contributed by atoms with E-state index in [4.69, 9.17) is 0 Å². The van der Waals surface area contributed by atoms with E-state index in [0.29, 0.717) is 19.5 Å². The van der Waals surface area contributed by atoms with Crippen LogP contribution in [0.4, 0.5) is 0 Å².